The SMILES string of the molecule is CC(=O)c1ccc(OCC(=O)OCC(=O)c2cc(C)c(C)c(C)c2C)cc1. The number of Topliss-reactive ketones (excluding diaryl/α,β-unsaturated/α-hetero) is 2. The van der Waals surface area contributed by atoms with Gasteiger partial charge in [-0.1, -0.05) is 0 Å². The number of benzene rings is 2. The van der Waals surface area contributed by atoms with Gasteiger partial charge in [0.1, 0.15) is 5.75 Å². The fourth-order valence-electron chi connectivity index (χ4n) is 2.70. The van der Waals surface area contributed by atoms with Crippen LogP contribution in [0.3, 0.4) is 0 Å². The monoisotopic (exact) mass is 368 g/mol. The summed E-state index contributed by atoms with van der Waals surface area (Å²) in [6.07, 6.45) is 0. The highest BCUT2D eigenvalue weighted by molar-refractivity contribution is 5.99. The Morgan fingerprint density at radius 1 is 0.852 bits per heavy atom. The predicted molar refractivity (Wildman–Crippen MR) is 103 cm³/mol. The second kappa shape index (κ2) is 8.62. The molecular formula is C22H24O5. The number of hydrogen-bond donors (Lipinski definition) is 0. The van der Waals surface area contributed by atoms with Gasteiger partial charge in [-0.3, -0.25) is 9.59 Å². The third-order valence-corrected chi connectivity index (χ3v) is 4.76. The van der Waals surface area contributed by atoms with E-state index >= 15 is 0 Å². The number of ketones is 2. The first-order valence-corrected chi connectivity index (χ1v) is 8.70. The molecule has 0 aliphatic carbocycles. The molecule has 0 saturated heterocycles. The zero-order chi connectivity index (χ0) is 20.1. The molecule has 0 saturated carbocycles. The summed E-state index contributed by atoms with van der Waals surface area (Å²) < 4.78 is 10.4. The quantitative estimate of drug-likeness (QED) is 0.547. The molecule has 0 atom stereocenters. The van der Waals surface area contributed by atoms with Crippen molar-refractivity contribution in [3.05, 3.63) is 63.7 Å². The third kappa shape index (κ3) is 5.03. The molecule has 5 nitrogen and oxygen atoms in total. The van der Waals surface area contributed by atoms with E-state index in [1.165, 1.54) is 6.92 Å². The van der Waals surface area contributed by atoms with E-state index in [0.29, 0.717) is 16.9 Å². The topological polar surface area (TPSA) is 69.7 Å². The van der Waals surface area contributed by atoms with Crippen molar-refractivity contribution in [2.75, 3.05) is 13.2 Å². The number of ether oxygens (including phenoxy) is 2. The van der Waals surface area contributed by atoms with Crippen LogP contribution < -0.4 is 4.74 Å². The summed E-state index contributed by atoms with van der Waals surface area (Å²) in [6.45, 7) is 8.69. The second-order valence-corrected chi connectivity index (χ2v) is 6.57. The van der Waals surface area contributed by atoms with Crippen LogP contribution in [-0.2, 0) is 9.53 Å². The maximum atomic E-state index is 12.4. The van der Waals surface area contributed by atoms with Gasteiger partial charge in [0.25, 0.3) is 0 Å². The molecule has 142 valence electrons. The summed E-state index contributed by atoms with van der Waals surface area (Å²) in [6, 6.07) is 8.29. The van der Waals surface area contributed by atoms with Crippen LogP contribution >= 0.6 is 0 Å². The van der Waals surface area contributed by atoms with Gasteiger partial charge in [0, 0.05) is 11.1 Å². The summed E-state index contributed by atoms with van der Waals surface area (Å²) in [4.78, 5) is 35.5. The normalized spacial score (nSPS) is 10.4. The van der Waals surface area contributed by atoms with Crippen LogP contribution in [0.15, 0.2) is 30.3 Å². The van der Waals surface area contributed by atoms with E-state index in [4.69, 9.17) is 9.47 Å². The molecule has 0 fully saturated rings. The van der Waals surface area contributed by atoms with Gasteiger partial charge in [0.05, 0.1) is 0 Å². The fraction of sp³-hybridized carbons (Fsp3) is 0.318. The van der Waals surface area contributed by atoms with Crippen LogP contribution in [0.25, 0.3) is 0 Å². The Morgan fingerprint density at radius 3 is 2.07 bits per heavy atom. The highest BCUT2D eigenvalue weighted by Gasteiger charge is 2.16. The van der Waals surface area contributed by atoms with Crippen molar-refractivity contribution in [3.63, 3.8) is 0 Å². The van der Waals surface area contributed by atoms with E-state index in [-0.39, 0.29) is 24.8 Å². The Labute approximate surface area is 159 Å². The molecule has 0 radical (unpaired) electrons. The lowest BCUT2D eigenvalue weighted by Gasteiger charge is -2.13. The molecule has 0 N–H and O–H groups in total. The molecular weight excluding hydrogens is 344 g/mol. The van der Waals surface area contributed by atoms with E-state index in [1.54, 1.807) is 24.3 Å². The smallest absolute Gasteiger partial charge is 0.344 e. The van der Waals surface area contributed by atoms with E-state index in [9.17, 15) is 14.4 Å². The summed E-state index contributed by atoms with van der Waals surface area (Å²) in [5, 5.41) is 0. The minimum Gasteiger partial charge on any atom is -0.482 e. The largest absolute Gasteiger partial charge is 0.482 e. The summed E-state index contributed by atoms with van der Waals surface area (Å²) >= 11 is 0. The second-order valence-electron chi connectivity index (χ2n) is 6.57. The lowest BCUT2D eigenvalue weighted by molar-refractivity contribution is -0.144. The van der Waals surface area contributed by atoms with Crippen LogP contribution in [0.1, 0.15) is 49.9 Å². The Balaban J connectivity index is 1.90. The highest BCUT2D eigenvalue weighted by atomic mass is 16.6. The number of carbonyl (C=O) groups is 3. The molecule has 5 heteroatoms. The zero-order valence-corrected chi connectivity index (χ0v) is 16.3. The van der Waals surface area contributed by atoms with Gasteiger partial charge in [-0.05, 0) is 87.2 Å². The average Bonchev–Trinajstić information content (AvgIpc) is 2.65. The molecule has 0 aliphatic rings. The standard InChI is InChI=1S/C22H24O5/c1-13-10-20(16(4)15(3)14(13)2)21(24)11-27-22(25)12-26-19-8-6-18(7-9-19)17(5)23/h6-10H,11-12H2,1-5H3. The van der Waals surface area contributed by atoms with Crippen LogP contribution in [0.5, 0.6) is 5.75 Å². The molecule has 2 aromatic rings. The Hall–Kier alpha value is -2.95. The molecule has 0 amide bonds. The Morgan fingerprint density at radius 2 is 1.48 bits per heavy atom. The van der Waals surface area contributed by atoms with E-state index in [0.717, 1.165) is 22.3 Å². The first kappa shape index (κ1) is 20.4. The van der Waals surface area contributed by atoms with Gasteiger partial charge in [-0.15, -0.1) is 0 Å². The first-order valence-electron chi connectivity index (χ1n) is 8.70. The molecule has 0 bridgehead atoms. The number of aryl methyl sites for hydroxylation is 1. The van der Waals surface area contributed by atoms with Crippen molar-refractivity contribution in [2.45, 2.75) is 34.6 Å². The van der Waals surface area contributed by atoms with Gasteiger partial charge in [-0.2, -0.15) is 0 Å². The molecule has 0 unspecified atom stereocenters. The first-order chi connectivity index (χ1) is 12.7. The number of hydrogen-bond acceptors (Lipinski definition) is 5. The third-order valence-electron chi connectivity index (χ3n) is 4.76. The Bertz CT molecular complexity index is 879. The van der Waals surface area contributed by atoms with Gasteiger partial charge in [-0.25, -0.2) is 4.79 Å². The van der Waals surface area contributed by atoms with Crippen LogP contribution in [-0.4, -0.2) is 30.7 Å². The molecule has 0 aromatic heterocycles. The van der Waals surface area contributed by atoms with Crippen molar-refractivity contribution in [1.82, 2.24) is 0 Å². The van der Waals surface area contributed by atoms with Crippen LogP contribution in [0, 0.1) is 27.7 Å². The molecule has 0 spiro atoms. The number of esters is 1. The molecule has 0 heterocycles. The van der Waals surface area contributed by atoms with Crippen molar-refractivity contribution < 1.29 is 23.9 Å². The van der Waals surface area contributed by atoms with Crippen LogP contribution in [0.4, 0.5) is 0 Å². The maximum absolute atomic E-state index is 12.4. The predicted octanol–water partition coefficient (Wildman–Crippen LogP) is 3.93. The fourth-order valence-corrected chi connectivity index (χ4v) is 2.70. The molecule has 2 rings (SSSR count). The highest BCUT2D eigenvalue weighted by Crippen LogP contribution is 2.21. The van der Waals surface area contributed by atoms with Crippen molar-refractivity contribution >= 4 is 17.5 Å². The lowest BCUT2D eigenvalue weighted by atomic mass is 9.93. The average molecular weight is 368 g/mol. The lowest BCUT2D eigenvalue weighted by Crippen LogP contribution is -2.20. The van der Waals surface area contributed by atoms with Gasteiger partial charge >= 0.3 is 5.97 Å². The molecule has 27 heavy (non-hydrogen) atoms. The zero-order valence-electron chi connectivity index (χ0n) is 16.3. The summed E-state index contributed by atoms with van der Waals surface area (Å²) in [5.74, 6) is -0.463. The van der Waals surface area contributed by atoms with Gasteiger partial charge in [0.2, 0.25) is 5.78 Å². The van der Waals surface area contributed by atoms with Crippen molar-refractivity contribution in [3.8, 4) is 5.75 Å². The Kier molecular flexibility index (Phi) is 6.50. The van der Waals surface area contributed by atoms with E-state index in [1.807, 2.05) is 33.8 Å². The summed E-state index contributed by atoms with van der Waals surface area (Å²) in [5.41, 5.74) is 5.30. The van der Waals surface area contributed by atoms with Gasteiger partial charge in [0.15, 0.2) is 19.0 Å². The van der Waals surface area contributed by atoms with Crippen LogP contribution in [0.2, 0.25) is 0 Å². The number of carbonyl (C=O) groups excluding carboxylic acids is 3. The molecule has 0 aliphatic heterocycles. The minimum atomic E-state index is -0.628. The van der Waals surface area contributed by atoms with Gasteiger partial charge < -0.3 is 9.47 Å². The molecule has 2 aromatic carbocycles. The van der Waals surface area contributed by atoms with Crippen molar-refractivity contribution in [1.29, 1.82) is 0 Å². The van der Waals surface area contributed by atoms with Crippen molar-refractivity contribution in [2.24, 2.45) is 0 Å². The van der Waals surface area contributed by atoms with E-state index < -0.39 is 5.97 Å². The van der Waals surface area contributed by atoms with E-state index in [2.05, 4.69) is 0 Å². The summed E-state index contributed by atoms with van der Waals surface area (Å²) in [7, 11) is 0. The number of rotatable bonds is 7. The minimum absolute atomic E-state index is 0.0451. The maximum Gasteiger partial charge on any atom is 0.344 e.